The lowest BCUT2D eigenvalue weighted by Gasteiger charge is -2.31. The number of aliphatic hydroxyl groups is 1. The van der Waals surface area contributed by atoms with Crippen molar-refractivity contribution >= 4 is 27.7 Å². The standard InChI is InChI=1S/C26H36N2O6S2/c1-18(2)14-28(36(31,32)21-10-11-24-25(13-21)34-17-33-24)15-23(29)22(12-20-8-6-5-7-9-20)27-26(30)19(3)16-35-4/h5-11,13,18-19,22-23,29H,12,14-17H2,1-4H3,(H,27,30)/t19-,22+,23-/m1/s1. The van der Waals surface area contributed by atoms with Gasteiger partial charge in [-0.15, -0.1) is 0 Å². The molecule has 0 spiro atoms. The third-order valence-corrected chi connectivity index (χ3v) is 8.56. The van der Waals surface area contributed by atoms with Gasteiger partial charge in [0.2, 0.25) is 22.7 Å². The molecule has 1 aliphatic rings. The third-order valence-electron chi connectivity index (χ3n) is 5.90. The number of rotatable bonds is 13. The van der Waals surface area contributed by atoms with Crippen LogP contribution < -0.4 is 14.8 Å². The Morgan fingerprint density at radius 3 is 2.44 bits per heavy atom. The highest BCUT2D eigenvalue weighted by Gasteiger charge is 2.32. The lowest BCUT2D eigenvalue weighted by Crippen LogP contribution is -2.52. The number of hydrogen-bond donors (Lipinski definition) is 2. The smallest absolute Gasteiger partial charge is 0.243 e. The van der Waals surface area contributed by atoms with Gasteiger partial charge in [0.15, 0.2) is 11.5 Å². The summed E-state index contributed by atoms with van der Waals surface area (Å²) in [7, 11) is -3.95. The summed E-state index contributed by atoms with van der Waals surface area (Å²) in [4.78, 5) is 12.9. The molecule has 2 aromatic rings. The molecule has 0 aromatic heterocycles. The molecular formula is C26H36N2O6S2. The van der Waals surface area contributed by atoms with Crippen molar-refractivity contribution in [2.24, 2.45) is 11.8 Å². The summed E-state index contributed by atoms with van der Waals surface area (Å²) in [5.74, 6) is 1.13. The second kappa shape index (κ2) is 12.8. The maximum Gasteiger partial charge on any atom is 0.243 e. The van der Waals surface area contributed by atoms with Crippen molar-refractivity contribution in [3.05, 3.63) is 54.1 Å². The van der Waals surface area contributed by atoms with Crippen LogP contribution in [-0.2, 0) is 21.2 Å². The predicted octanol–water partition coefficient (Wildman–Crippen LogP) is 3.15. The molecule has 1 aliphatic heterocycles. The quantitative estimate of drug-likeness (QED) is 0.405. The number of aliphatic hydroxyl groups excluding tert-OH is 1. The van der Waals surface area contributed by atoms with Gasteiger partial charge in [-0.1, -0.05) is 51.1 Å². The van der Waals surface area contributed by atoms with Gasteiger partial charge in [0.05, 0.1) is 17.0 Å². The van der Waals surface area contributed by atoms with Gasteiger partial charge in [0.1, 0.15) is 0 Å². The molecule has 1 amide bonds. The minimum atomic E-state index is -3.95. The summed E-state index contributed by atoms with van der Waals surface area (Å²) >= 11 is 1.57. The number of amides is 1. The van der Waals surface area contributed by atoms with Crippen LogP contribution >= 0.6 is 11.8 Å². The Morgan fingerprint density at radius 2 is 1.78 bits per heavy atom. The number of hydrogen-bond acceptors (Lipinski definition) is 7. The van der Waals surface area contributed by atoms with Crippen molar-refractivity contribution in [2.45, 2.75) is 44.2 Å². The van der Waals surface area contributed by atoms with E-state index in [-0.39, 0.29) is 42.5 Å². The third kappa shape index (κ3) is 7.38. The second-order valence-corrected chi connectivity index (χ2v) is 12.3. The van der Waals surface area contributed by atoms with Crippen LogP contribution in [0.25, 0.3) is 0 Å². The summed E-state index contributed by atoms with van der Waals surface area (Å²) in [6, 6.07) is 13.4. The minimum absolute atomic E-state index is 0.0183. The molecule has 0 saturated heterocycles. The molecule has 2 aromatic carbocycles. The van der Waals surface area contributed by atoms with Gasteiger partial charge >= 0.3 is 0 Å². The van der Waals surface area contributed by atoms with E-state index in [0.717, 1.165) is 5.56 Å². The van der Waals surface area contributed by atoms with Crippen molar-refractivity contribution < 1.29 is 27.8 Å². The van der Waals surface area contributed by atoms with Gasteiger partial charge in [0, 0.05) is 30.8 Å². The number of nitrogens with zero attached hydrogens (tertiary/aromatic N) is 1. The highest BCUT2D eigenvalue weighted by atomic mass is 32.2. The molecule has 0 aliphatic carbocycles. The Kier molecular flexibility index (Phi) is 10.1. The topological polar surface area (TPSA) is 105 Å². The number of thioether (sulfide) groups is 1. The van der Waals surface area contributed by atoms with E-state index >= 15 is 0 Å². The molecule has 10 heteroatoms. The monoisotopic (exact) mass is 536 g/mol. The molecule has 198 valence electrons. The van der Waals surface area contributed by atoms with E-state index in [2.05, 4.69) is 5.32 Å². The molecule has 2 N–H and O–H groups in total. The van der Waals surface area contributed by atoms with Crippen LogP contribution in [0, 0.1) is 11.8 Å². The van der Waals surface area contributed by atoms with Crippen molar-refractivity contribution in [3.63, 3.8) is 0 Å². The summed E-state index contributed by atoms with van der Waals surface area (Å²) in [6.45, 7) is 5.77. The molecule has 0 radical (unpaired) electrons. The maximum absolute atomic E-state index is 13.6. The van der Waals surface area contributed by atoms with Crippen LogP contribution in [0.2, 0.25) is 0 Å². The van der Waals surface area contributed by atoms with Gasteiger partial charge < -0.3 is 19.9 Å². The zero-order chi connectivity index (χ0) is 26.3. The fourth-order valence-corrected chi connectivity index (χ4v) is 6.29. The van der Waals surface area contributed by atoms with Gasteiger partial charge in [0.25, 0.3) is 0 Å². The Balaban J connectivity index is 1.85. The molecule has 1 heterocycles. The van der Waals surface area contributed by atoms with Crippen LogP contribution in [-0.4, -0.2) is 67.8 Å². The first kappa shape index (κ1) is 28.3. The molecule has 0 saturated carbocycles. The summed E-state index contributed by atoms with van der Waals surface area (Å²) in [6.07, 6.45) is 1.18. The number of nitrogens with one attached hydrogen (secondary N) is 1. The Morgan fingerprint density at radius 1 is 1.08 bits per heavy atom. The Labute approximate surface area is 218 Å². The van der Waals surface area contributed by atoms with Crippen molar-refractivity contribution in [1.29, 1.82) is 0 Å². The van der Waals surface area contributed by atoms with E-state index < -0.39 is 22.2 Å². The molecule has 0 unspecified atom stereocenters. The van der Waals surface area contributed by atoms with E-state index in [1.807, 2.05) is 57.4 Å². The van der Waals surface area contributed by atoms with Gasteiger partial charge in [-0.05, 0) is 36.3 Å². The van der Waals surface area contributed by atoms with E-state index in [9.17, 15) is 18.3 Å². The Hall–Kier alpha value is -2.27. The molecule has 3 atom stereocenters. The normalized spacial score (nSPS) is 15.6. The number of carbonyl (C=O) groups excluding carboxylic acids is 1. The van der Waals surface area contributed by atoms with Crippen molar-refractivity contribution in [1.82, 2.24) is 9.62 Å². The number of carbonyl (C=O) groups is 1. The maximum atomic E-state index is 13.6. The Bertz CT molecular complexity index is 1110. The molecule has 0 fully saturated rings. The predicted molar refractivity (Wildman–Crippen MR) is 142 cm³/mol. The van der Waals surface area contributed by atoms with Crippen LogP contribution in [0.1, 0.15) is 26.3 Å². The number of sulfonamides is 1. The fraction of sp³-hybridized carbons (Fsp3) is 0.500. The first-order chi connectivity index (χ1) is 17.1. The largest absolute Gasteiger partial charge is 0.454 e. The first-order valence-corrected chi connectivity index (χ1v) is 14.9. The SMILES string of the molecule is CSC[C@@H](C)C(=O)N[C@@H](Cc1ccccc1)[C@H](O)CN(CC(C)C)S(=O)(=O)c1ccc2c(c1)OCO2. The van der Waals surface area contributed by atoms with Gasteiger partial charge in [-0.2, -0.15) is 16.1 Å². The van der Waals surface area contributed by atoms with Crippen molar-refractivity contribution in [3.8, 4) is 11.5 Å². The van der Waals surface area contributed by atoms with Gasteiger partial charge in [-0.3, -0.25) is 4.79 Å². The van der Waals surface area contributed by atoms with Crippen LogP contribution in [0.5, 0.6) is 11.5 Å². The number of ether oxygens (including phenoxy) is 2. The van der Waals surface area contributed by atoms with Gasteiger partial charge in [-0.25, -0.2) is 8.42 Å². The fourth-order valence-electron chi connectivity index (χ4n) is 4.00. The molecule has 3 rings (SSSR count). The molecule has 0 bridgehead atoms. The highest BCUT2D eigenvalue weighted by molar-refractivity contribution is 7.98. The first-order valence-electron chi connectivity index (χ1n) is 12.0. The molecule has 36 heavy (non-hydrogen) atoms. The van der Waals surface area contributed by atoms with E-state index in [0.29, 0.717) is 23.7 Å². The summed E-state index contributed by atoms with van der Waals surface area (Å²) in [5.41, 5.74) is 0.938. The van der Waals surface area contributed by atoms with Crippen LogP contribution in [0.3, 0.4) is 0 Å². The summed E-state index contributed by atoms with van der Waals surface area (Å²) < 4.78 is 39.2. The summed E-state index contributed by atoms with van der Waals surface area (Å²) in [5, 5.41) is 14.3. The van der Waals surface area contributed by atoms with E-state index in [1.54, 1.807) is 17.8 Å². The van der Waals surface area contributed by atoms with Crippen molar-refractivity contribution in [2.75, 3.05) is 31.9 Å². The van der Waals surface area contributed by atoms with Crippen LogP contribution in [0.15, 0.2) is 53.4 Å². The minimum Gasteiger partial charge on any atom is -0.454 e. The average Bonchev–Trinajstić information content (AvgIpc) is 3.31. The number of fused-ring (bicyclic) bond motifs is 1. The molecular weight excluding hydrogens is 500 g/mol. The van der Waals surface area contributed by atoms with E-state index in [1.165, 1.54) is 16.4 Å². The average molecular weight is 537 g/mol. The highest BCUT2D eigenvalue weighted by Crippen LogP contribution is 2.34. The number of benzene rings is 2. The lowest BCUT2D eigenvalue weighted by atomic mass is 10.00. The second-order valence-electron chi connectivity index (χ2n) is 9.46. The van der Waals surface area contributed by atoms with E-state index in [4.69, 9.17) is 9.47 Å². The molecule has 8 nitrogen and oxygen atoms in total. The zero-order valence-corrected chi connectivity index (χ0v) is 22.8. The zero-order valence-electron chi connectivity index (χ0n) is 21.2. The van der Waals surface area contributed by atoms with Crippen LogP contribution in [0.4, 0.5) is 0 Å². The lowest BCUT2D eigenvalue weighted by molar-refractivity contribution is -0.125.